The number of carbonyl (C=O) groups is 1. The molecule has 0 aliphatic heterocycles. The van der Waals surface area contributed by atoms with Crippen molar-refractivity contribution in [1.82, 2.24) is 10.2 Å². The van der Waals surface area contributed by atoms with E-state index in [0.29, 0.717) is 13.0 Å². The summed E-state index contributed by atoms with van der Waals surface area (Å²) in [6.45, 7) is 3.64. The standard InChI is InChI=1S/C20H26N2O/c1-16-9-7-8-12-18(16)19(17-10-5-4-6-11-17)15-20(23)21-13-14-22(2)3/h4-12,19H,13-15H2,1-3H3,(H,21,23)/t19-/m0/s1. The molecule has 2 rings (SSSR count). The number of hydrogen-bond donors (Lipinski definition) is 1. The fourth-order valence-corrected chi connectivity index (χ4v) is 2.75. The van der Waals surface area contributed by atoms with Crippen LogP contribution in [0.3, 0.4) is 0 Å². The van der Waals surface area contributed by atoms with Crippen LogP contribution < -0.4 is 5.32 Å². The number of hydrogen-bond acceptors (Lipinski definition) is 2. The van der Waals surface area contributed by atoms with Gasteiger partial charge in [-0.2, -0.15) is 0 Å². The first kappa shape index (κ1) is 17.2. The molecule has 122 valence electrons. The highest BCUT2D eigenvalue weighted by Gasteiger charge is 2.19. The molecular weight excluding hydrogens is 284 g/mol. The van der Waals surface area contributed by atoms with Crippen molar-refractivity contribution >= 4 is 5.91 Å². The van der Waals surface area contributed by atoms with E-state index >= 15 is 0 Å². The molecule has 0 aliphatic carbocycles. The van der Waals surface area contributed by atoms with Gasteiger partial charge in [0.25, 0.3) is 0 Å². The van der Waals surface area contributed by atoms with Gasteiger partial charge in [0.2, 0.25) is 5.91 Å². The van der Waals surface area contributed by atoms with Crippen LogP contribution in [0.1, 0.15) is 29.0 Å². The second kappa shape index (κ2) is 8.49. The van der Waals surface area contributed by atoms with Crippen molar-refractivity contribution in [3.05, 3.63) is 71.3 Å². The Hall–Kier alpha value is -2.13. The Bertz CT molecular complexity index is 623. The van der Waals surface area contributed by atoms with Crippen molar-refractivity contribution < 1.29 is 4.79 Å². The molecule has 23 heavy (non-hydrogen) atoms. The number of likely N-dealkylation sites (N-methyl/N-ethyl adjacent to an activating group) is 1. The van der Waals surface area contributed by atoms with Gasteiger partial charge in [-0.15, -0.1) is 0 Å². The Morgan fingerprint density at radius 1 is 1.04 bits per heavy atom. The van der Waals surface area contributed by atoms with E-state index in [4.69, 9.17) is 0 Å². The Morgan fingerprint density at radius 3 is 2.35 bits per heavy atom. The van der Waals surface area contributed by atoms with E-state index in [1.807, 2.05) is 44.4 Å². The van der Waals surface area contributed by atoms with Gasteiger partial charge in [-0.1, -0.05) is 54.6 Å². The first-order valence-electron chi connectivity index (χ1n) is 8.10. The fraction of sp³-hybridized carbons (Fsp3) is 0.350. The zero-order valence-electron chi connectivity index (χ0n) is 14.3. The minimum Gasteiger partial charge on any atom is -0.355 e. The van der Waals surface area contributed by atoms with E-state index < -0.39 is 0 Å². The molecule has 0 spiro atoms. The number of amides is 1. The van der Waals surface area contributed by atoms with Crippen molar-refractivity contribution in [3.63, 3.8) is 0 Å². The summed E-state index contributed by atoms with van der Waals surface area (Å²) < 4.78 is 0. The van der Waals surface area contributed by atoms with Crippen LogP contribution in [0.2, 0.25) is 0 Å². The van der Waals surface area contributed by atoms with Gasteiger partial charge in [0.15, 0.2) is 0 Å². The summed E-state index contributed by atoms with van der Waals surface area (Å²) in [5.74, 6) is 0.195. The normalized spacial score (nSPS) is 12.2. The second-order valence-electron chi connectivity index (χ2n) is 6.18. The molecule has 3 heteroatoms. The molecule has 2 aromatic rings. The van der Waals surface area contributed by atoms with Gasteiger partial charge in [-0.3, -0.25) is 4.79 Å². The molecule has 0 unspecified atom stereocenters. The van der Waals surface area contributed by atoms with Crippen molar-refractivity contribution in [3.8, 4) is 0 Å². The quantitative estimate of drug-likeness (QED) is 0.852. The molecular formula is C20H26N2O. The SMILES string of the molecule is Cc1ccccc1[C@@H](CC(=O)NCCN(C)C)c1ccccc1. The van der Waals surface area contributed by atoms with Gasteiger partial charge < -0.3 is 10.2 Å². The summed E-state index contributed by atoms with van der Waals surface area (Å²) in [7, 11) is 4.01. The number of rotatable bonds is 7. The average molecular weight is 310 g/mol. The predicted octanol–water partition coefficient (Wildman–Crippen LogP) is 3.19. The highest BCUT2D eigenvalue weighted by atomic mass is 16.1. The zero-order valence-corrected chi connectivity index (χ0v) is 14.3. The Morgan fingerprint density at radius 2 is 1.70 bits per heavy atom. The molecule has 1 atom stereocenters. The maximum Gasteiger partial charge on any atom is 0.220 e. The van der Waals surface area contributed by atoms with Gasteiger partial charge in [0.05, 0.1) is 0 Å². The summed E-state index contributed by atoms with van der Waals surface area (Å²) in [5.41, 5.74) is 3.63. The molecule has 0 bridgehead atoms. The van der Waals surface area contributed by atoms with Crippen LogP contribution in [-0.4, -0.2) is 38.0 Å². The lowest BCUT2D eigenvalue weighted by Crippen LogP contribution is -2.32. The lowest BCUT2D eigenvalue weighted by Gasteiger charge is -2.20. The minimum atomic E-state index is 0.0942. The smallest absolute Gasteiger partial charge is 0.220 e. The third-order valence-corrected chi connectivity index (χ3v) is 4.04. The molecule has 0 fully saturated rings. The van der Waals surface area contributed by atoms with Gasteiger partial charge in [-0.25, -0.2) is 0 Å². The van der Waals surface area contributed by atoms with E-state index in [1.165, 1.54) is 16.7 Å². The van der Waals surface area contributed by atoms with Crippen molar-refractivity contribution in [2.45, 2.75) is 19.3 Å². The number of nitrogens with zero attached hydrogens (tertiary/aromatic N) is 1. The van der Waals surface area contributed by atoms with Gasteiger partial charge in [-0.05, 0) is 37.7 Å². The molecule has 1 amide bonds. The van der Waals surface area contributed by atoms with Gasteiger partial charge in [0.1, 0.15) is 0 Å². The van der Waals surface area contributed by atoms with Crippen molar-refractivity contribution in [2.24, 2.45) is 0 Å². The Balaban J connectivity index is 2.15. The van der Waals surface area contributed by atoms with Crippen LogP contribution in [-0.2, 0) is 4.79 Å². The Labute approximate surface area is 139 Å². The second-order valence-corrected chi connectivity index (χ2v) is 6.18. The van der Waals surface area contributed by atoms with E-state index in [2.05, 4.69) is 41.4 Å². The van der Waals surface area contributed by atoms with Crippen molar-refractivity contribution in [2.75, 3.05) is 27.2 Å². The third-order valence-electron chi connectivity index (χ3n) is 4.04. The van der Waals surface area contributed by atoms with Crippen LogP contribution in [0.25, 0.3) is 0 Å². The first-order valence-corrected chi connectivity index (χ1v) is 8.10. The van der Waals surface area contributed by atoms with Crippen LogP contribution in [0, 0.1) is 6.92 Å². The number of nitrogens with one attached hydrogen (secondary N) is 1. The Kier molecular flexibility index (Phi) is 6.36. The molecule has 0 saturated carbocycles. The minimum absolute atomic E-state index is 0.0942. The zero-order chi connectivity index (χ0) is 16.7. The van der Waals surface area contributed by atoms with Crippen molar-refractivity contribution in [1.29, 1.82) is 0 Å². The molecule has 3 nitrogen and oxygen atoms in total. The topological polar surface area (TPSA) is 32.3 Å². The maximum atomic E-state index is 12.4. The summed E-state index contributed by atoms with van der Waals surface area (Å²) in [6.07, 6.45) is 0.474. The van der Waals surface area contributed by atoms with Crippen LogP contribution in [0.5, 0.6) is 0 Å². The van der Waals surface area contributed by atoms with E-state index in [-0.39, 0.29) is 11.8 Å². The first-order chi connectivity index (χ1) is 11.1. The molecule has 0 aliphatic rings. The predicted molar refractivity (Wildman–Crippen MR) is 95.6 cm³/mol. The molecule has 0 saturated heterocycles. The van der Waals surface area contributed by atoms with Gasteiger partial charge in [0, 0.05) is 25.4 Å². The monoisotopic (exact) mass is 310 g/mol. The highest BCUT2D eigenvalue weighted by Crippen LogP contribution is 2.30. The summed E-state index contributed by atoms with van der Waals surface area (Å²) >= 11 is 0. The van der Waals surface area contributed by atoms with E-state index in [9.17, 15) is 4.79 Å². The van der Waals surface area contributed by atoms with Crippen LogP contribution >= 0.6 is 0 Å². The molecule has 2 aromatic carbocycles. The molecule has 0 heterocycles. The van der Waals surface area contributed by atoms with Crippen LogP contribution in [0.15, 0.2) is 54.6 Å². The van der Waals surface area contributed by atoms with Crippen LogP contribution in [0.4, 0.5) is 0 Å². The lowest BCUT2D eigenvalue weighted by atomic mass is 9.86. The largest absolute Gasteiger partial charge is 0.355 e. The summed E-state index contributed by atoms with van der Waals surface area (Å²) in [5, 5.41) is 3.02. The highest BCUT2D eigenvalue weighted by molar-refractivity contribution is 5.77. The van der Waals surface area contributed by atoms with E-state index in [1.54, 1.807) is 0 Å². The number of benzene rings is 2. The summed E-state index contributed by atoms with van der Waals surface area (Å²) in [6, 6.07) is 18.6. The number of carbonyl (C=O) groups excluding carboxylic acids is 1. The molecule has 0 radical (unpaired) electrons. The van der Waals surface area contributed by atoms with Gasteiger partial charge >= 0.3 is 0 Å². The molecule has 1 N–H and O–H groups in total. The maximum absolute atomic E-state index is 12.4. The third kappa shape index (κ3) is 5.22. The van der Waals surface area contributed by atoms with E-state index in [0.717, 1.165) is 6.54 Å². The average Bonchev–Trinajstić information content (AvgIpc) is 2.54. The fourth-order valence-electron chi connectivity index (χ4n) is 2.75. The molecule has 0 aromatic heterocycles. The number of aryl methyl sites for hydroxylation is 1. The summed E-state index contributed by atoms with van der Waals surface area (Å²) in [4.78, 5) is 14.4. The lowest BCUT2D eigenvalue weighted by molar-refractivity contribution is -0.121.